The molecule has 2 unspecified atom stereocenters. The highest BCUT2D eigenvalue weighted by molar-refractivity contribution is 6.30. The highest BCUT2D eigenvalue weighted by Gasteiger charge is 2.74. The van der Waals surface area contributed by atoms with Gasteiger partial charge in [-0.15, -0.1) is 0 Å². The number of aliphatic hydroxyl groups is 1. The zero-order valence-corrected chi connectivity index (χ0v) is 18.2. The molecule has 4 rings (SSSR count). The minimum Gasteiger partial charge on any atom is -0.396 e. The second-order valence-electron chi connectivity index (χ2n) is 8.48. The summed E-state index contributed by atoms with van der Waals surface area (Å²) < 4.78 is 6.29. The number of ether oxygens (including phenoxy) is 1. The summed E-state index contributed by atoms with van der Waals surface area (Å²) in [7, 11) is 1.55. The molecular weight excluding hydrogens is 422 g/mol. The first-order valence-electron chi connectivity index (χ1n) is 10.8. The van der Waals surface area contributed by atoms with Gasteiger partial charge in [0, 0.05) is 30.9 Å². The number of carbonyl (C=O) groups excluding carboxylic acids is 3. The van der Waals surface area contributed by atoms with Crippen LogP contribution in [-0.2, 0) is 19.1 Å². The summed E-state index contributed by atoms with van der Waals surface area (Å²) in [5.74, 6) is -1.98. The van der Waals surface area contributed by atoms with Crippen molar-refractivity contribution in [2.24, 2.45) is 11.8 Å². The van der Waals surface area contributed by atoms with E-state index in [-0.39, 0.29) is 30.4 Å². The van der Waals surface area contributed by atoms with E-state index in [0.717, 1.165) is 6.42 Å². The Morgan fingerprint density at radius 3 is 2.65 bits per heavy atom. The summed E-state index contributed by atoms with van der Waals surface area (Å²) in [6.07, 6.45) is 2.90. The summed E-state index contributed by atoms with van der Waals surface area (Å²) in [5, 5.41) is 15.2. The number of anilines is 1. The quantitative estimate of drug-likeness (QED) is 0.522. The number of carbonyl (C=O) groups is 3. The van der Waals surface area contributed by atoms with E-state index in [1.807, 2.05) is 0 Å². The molecule has 8 nitrogen and oxygen atoms in total. The Morgan fingerprint density at radius 1 is 1.23 bits per heavy atom. The average molecular weight is 450 g/mol. The number of nitrogens with one attached hydrogen (secondary N) is 2. The maximum absolute atomic E-state index is 13.5. The summed E-state index contributed by atoms with van der Waals surface area (Å²) in [4.78, 5) is 41.1. The Bertz CT molecular complexity index is 863. The number of rotatable bonds is 8. The number of hydrogen-bond donors (Lipinski definition) is 3. The first kappa shape index (κ1) is 22.0. The Morgan fingerprint density at radius 2 is 1.97 bits per heavy atom. The van der Waals surface area contributed by atoms with Gasteiger partial charge < -0.3 is 25.4 Å². The van der Waals surface area contributed by atoms with Crippen molar-refractivity contribution in [2.75, 3.05) is 25.5 Å². The molecule has 1 aromatic rings. The molecule has 5 atom stereocenters. The van der Waals surface area contributed by atoms with E-state index in [1.54, 1.807) is 36.2 Å². The third kappa shape index (κ3) is 3.70. The van der Waals surface area contributed by atoms with Gasteiger partial charge in [0.25, 0.3) is 0 Å². The molecule has 0 aliphatic carbocycles. The fourth-order valence-electron chi connectivity index (χ4n) is 5.48. The number of halogens is 1. The summed E-state index contributed by atoms with van der Waals surface area (Å²) in [5.41, 5.74) is -0.413. The first-order valence-corrected chi connectivity index (χ1v) is 11.2. The molecule has 3 saturated heterocycles. The number of benzene rings is 1. The molecule has 0 radical (unpaired) electrons. The smallest absolute Gasteiger partial charge is 0.250 e. The van der Waals surface area contributed by atoms with Gasteiger partial charge >= 0.3 is 0 Å². The Balaban J connectivity index is 1.63. The number of nitrogens with zero attached hydrogens (tertiary/aromatic N) is 1. The van der Waals surface area contributed by atoms with Crippen LogP contribution in [0.2, 0.25) is 5.02 Å². The fourth-order valence-corrected chi connectivity index (χ4v) is 5.60. The van der Waals surface area contributed by atoms with Crippen LogP contribution in [0.3, 0.4) is 0 Å². The van der Waals surface area contributed by atoms with Gasteiger partial charge in [0.1, 0.15) is 11.6 Å². The van der Waals surface area contributed by atoms with E-state index in [1.165, 1.54) is 0 Å². The number of aliphatic hydroxyl groups excluding tert-OH is 1. The maximum Gasteiger partial charge on any atom is 0.250 e. The second kappa shape index (κ2) is 8.76. The van der Waals surface area contributed by atoms with E-state index in [2.05, 4.69) is 10.6 Å². The lowest BCUT2D eigenvalue weighted by molar-refractivity contribution is -0.140. The van der Waals surface area contributed by atoms with E-state index in [0.29, 0.717) is 42.9 Å². The molecule has 3 N–H and O–H groups in total. The SMILES string of the molecule is CNC(=O)[C@@H]1[C@@H]2CCC3(O2)C(C(=O)Nc2ccc(Cl)cc2)N(CCCCCO)C(=O)[C@H]13. The van der Waals surface area contributed by atoms with Gasteiger partial charge in [0.2, 0.25) is 17.7 Å². The van der Waals surface area contributed by atoms with E-state index in [4.69, 9.17) is 21.4 Å². The van der Waals surface area contributed by atoms with E-state index in [9.17, 15) is 14.4 Å². The van der Waals surface area contributed by atoms with Crippen molar-refractivity contribution in [1.29, 1.82) is 0 Å². The summed E-state index contributed by atoms with van der Waals surface area (Å²) >= 11 is 5.94. The van der Waals surface area contributed by atoms with E-state index >= 15 is 0 Å². The third-order valence-electron chi connectivity index (χ3n) is 6.77. The van der Waals surface area contributed by atoms with Crippen LogP contribution in [0.15, 0.2) is 24.3 Å². The lowest BCUT2D eigenvalue weighted by Gasteiger charge is -2.33. The molecule has 31 heavy (non-hydrogen) atoms. The molecule has 0 aromatic heterocycles. The molecule has 3 heterocycles. The molecule has 9 heteroatoms. The molecule has 3 amide bonds. The van der Waals surface area contributed by atoms with Crippen LogP contribution < -0.4 is 10.6 Å². The van der Waals surface area contributed by atoms with Crippen molar-refractivity contribution in [1.82, 2.24) is 10.2 Å². The number of fused-ring (bicyclic) bond motifs is 1. The van der Waals surface area contributed by atoms with E-state index < -0.39 is 23.5 Å². The van der Waals surface area contributed by atoms with Crippen LogP contribution in [0.1, 0.15) is 32.1 Å². The Hall–Kier alpha value is -2.16. The molecular formula is C22H28ClN3O5. The minimum atomic E-state index is -0.994. The summed E-state index contributed by atoms with van der Waals surface area (Å²) in [6, 6.07) is 5.97. The number of unbranched alkanes of at least 4 members (excludes halogenated alkanes) is 2. The molecule has 1 spiro atoms. The van der Waals surface area contributed by atoms with Crippen LogP contribution in [-0.4, -0.2) is 65.7 Å². The van der Waals surface area contributed by atoms with Crippen molar-refractivity contribution in [2.45, 2.75) is 49.9 Å². The molecule has 3 aliphatic heterocycles. The summed E-state index contributed by atoms with van der Waals surface area (Å²) in [6.45, 7) is 0.467. The third-order valence-corrected chi connectivity index (χ3v) is 7.02. The van der Waals surface area contributed by atoms with Gasteiger partial charge in [0.15, 0.2) is 0 Å². The van der Waals surface area contributed by atoms with Crippen LogP contribution >= 0.6 is 11.6 Å². The lowest BCUT2D eigenvalue weighted by Crippen LogP contribution is -2.53. The number of likely N-dealkylation sites (tertiary alicyclic amines) is 1. The normalized spacial score (nSPS) is 31.1. The zero-order chi connectivity index (χ0) is 22.2. The molecule has 0 saturated carbocycles. The van der Waals surface area contributed by atoms with Crippen LogP contribution in [0, 0.1) is 11.8 Å². The van der Waals surface area contributed by atoms with Gasteiger partial charge in [0.05, 0.1) is 17.9 Å². The predicted octanol–water partition coefficient (Wildman–Crippen LogP) is 1.56. The van der Waals surface area contributed by atoms with Crippen molar-refractivity contribution in [3.8, 4) is 0 Å². The van der Waals surface area contributed by atoms with Gasteiger partial charge in [-0.1, -0.05) is 11.6 Å². The largest absolute Gasteiger partial charge is 0.396 e. The first-order chi connectivity index (χ1) is 14.9. The second-order valence-corrected chi connectivity index (χ2v) is 8.92. The Labute approximate surface area is 186 Å². The lowest BCUT2D eigenvalue weighted by atomic mass is 9.70. The number of hydrogen-bond acceptors (Lipinski definition) is 5. The van der Waals surface area contributed by atoms with Crippen molar-refractivity contribution >= 4 is 35.0 Å². The molecule has 3 aliphatic rings. The highest BCUT2D eigenvalue weighted by atomic mass is 35.5. The molecule has 1 aromatic carbocycles. The fraction of sp³-hybridized carbons (Fsp3) is 0.591. The maximum atomic E-state index is 13.5. The van der Waals surface area contributed by atoms with Crippen LogP contribution in [0.5, 0.6) is 0 Å². The van der Waals surface area contributed by atoms with Crippen molar-refractivity contribution in [3.05, 3.63) is 29.3 Å². The molecule has 2 bridgehead atoms. The van der Waals surface area contributed by atoms with Gasteiger partial charge in [-0.2, -0.15) is 0 Å². The zero-order valence-electron chi connectivity index (χ0n) is 17.5. The van der Waals surface area contributed by atoms with Crippen molar-refractivity contribution in [3.63, 3.8) is 0 Å². The average Bonchev–Trinajstić information content (AvgIpc) is 3.40. The van der Waals surface area contributed by atoms with Gasteiger partial charge in [-0.25, -0.2) is 0 Å². The topological polar surface area (TPSA) is 108 Å². The highest BCUT2D eigenvalue weighted by Crippen LogP contribution is 2.58. The van der Waals surface area contributed by atoms with Crippen molar-refractivity contribution < 1.29 is 24.2 Å². The van der Waals surface area contributed by atoms with Gasteiger partial charge in [-0.3, -0.25) is 14.4 Å². The minimum absolute atomic E-state index is 0.0878. The van der Waals surface area contributed by atoms with Crippen LogP contribution in [0.4, 0.5) is 5.69 Å². The van der Waals surface area contributed by atoms with Gasteiger partial charge in [-0.05, 0) is 56.4 Å². The predicted molar refractivity (Wildman–Crippen MR) is 114 cm³/mol. The number of amides is 3. The monoisotopic (exact) mass is 449 g/mol. The standard InChI is InChI=1S/C22H28ClN3O5/c1-24-19(28)16-15-9-10-22(31-15)17(16)21(30)26(11-3-2-4-12-27)18(22)20(29)25-14-7-5-13(23)6-8-14/h5-8,15-18,27H,2-4,9-12H2,1H3,(H,24,28)(H,25,29)/t15-,16+,17-,18?,22?/m0/s1. The Kier molecular flexibility index (Phi) is 6.23. The molecule has 3 fully saturated rings. The van der Waals surface area contributed by atoms with Crippen LogP contribution in [0.25, 0.3) is 0 Å². The molecule has 168 valence electrons.